The highest BCUT2D eigenvalue weighted by atomic mass is 32.1. The second kappa shape index (κ2) is 3.13. The molecule has 1 heterocycles. The number of hydrogen-bond acceptors (Lipinski definition) is 4. The van der Waals surface area contributed by atoms with E-state index in [1.165, 1.54) is 0 Å². The molecule has 3 nitrogen and oxygen atoms in total. The fourth-order valence-electron chi connectivity index (χ4n) is 1.48. The SMILES string of the molecule is Cc1nc2c(N(C)C)cc(N)cc2s1. The average molecular weight is 207 g/mol. The number of nitrogen functional groups attached to an aromatic ring is 1. The fourth-order valence-corrected chi connectivity index (χ4v) is 2.38. The Hall–Kier alpha value is -1.29. The zero-order valence-electron chi connectivity index (χ0n) is 8.53. The van der Waals surface area contributed by atoms with E-state index in [2.05, 4.69) is 4.98 Å². The van der Waals surface area contributed by atoms with E-state index in [-0.39, 0.29) is 0 Å². The number of anilines is 2. The molecule has 74 valence electrons. The number of fused-ring (bicyclic) bond motifs is 1. The molecule has 0 saturated heterocycles. The molecule has 1 aromatic heterocycles. The van der Waals surface area contributed by atoms with E-state index in [0.717, 1.165) is 26.6 Å². The molecule has 0 aliphatic rings. The van der Waals surface area contributed by atoms with Gasteiger partial charge >= 0.3 is 0 Å². The van der Waals surface area contributed by atoms with Crippen LogP contribution in [0.25, 0.3) is 10.2 Å². The first-order valence-electron chi connectivity index (χ1n) is 4.42. The van der Waals surface area contributed by atoms with Gasteiger partial charge in [-0.05, 0) is 19.1 Å². The minimum Gasteiger partial charge on any atom is -0.399 e. The van der Waals surface area contributed by atoms with Crippen molar-refractivity contribution in [2.24, 2.45) is 0 Å². The van der Waals surface area contributed by atoms with Crippen LogP contribution in [-0.2, 0) is 0 Å². The van der Waals surface area contributed by atoms with E-state index in [9.17, 15) is 0 Å². The highest BCUT2D eigenvalue weighted by molar-refractivity contribution is 7.18. The molecule has 0 radical (unpaired) electrons. The summed E-state index contributed by atoms with van der Waals surface area (Å²) < 4.78 is 1.16. The molecule has 0 atom stereocenters. The van der Waals surface area contributed by atoms with Crippen LogP contribution >= 0.6 is 11.3 Å². The number of aromatic nitrogens is 1. The number of rotatable bonds is 1. The Balaban J connectivity index is 2.79. The third-order valence-corrected chi connectivity index (χ3v) is 3.00. The molecule has 0 spiro atoms. The number of aryl methyl sites for hydroxylation is 1. The summed E-state index contributed by atoms with van der Waals surface area (Å²) in [5.41, 5.74) is 8.76. The summed E-state index contributed by atoms with van der Waals surface area (Å²) in [5.74, 6) is 0. The van der Waals surface area contributed by atoms with Gasteiger partial charge in [0.05, 0.1) is 15.4 Å². The maximum absolute atomic E-state index is 5.82. The van der Waals surface area contributed by atoms with Crippen LogP contribution in [0.2, 0.25) is 0 Å². The van der Waals surface area contributed by atoms with Crippen molar-refractivity contribution in [2.45, 2.75) is 6.92 Å². The predicted molar refractivity (Wildman–Crippen MR) is 63.1 cm³/mol. The van der Waals surface area contributed by atoms with Gasteiger partial charge in [-0.2, -0.15) is 0 Å². The maximum atomic E-state index is 5.82. The largest absolute Gasteiger partial charge is 0.399 e. The number of benzene rings is 1. The van der Waals surface area contributed by atoms with Gasteiger partial charge in [0.1, 0.15) is 5.52 Å². The number of thiazole rings is 1. The Morgan fingerprint density at radius 2 is 2.07 bits per heavy atom. The highest BCUT2D eigenvalue weighted by Gasteiger charge is 2.08. The third-order valence-electron chi connectivity index (χ3n) is 2.09. The van der Waals surface area contributed by atoms with Crippen LogP contribution in [0, 0.1) is 6.92 Å². The van der Waals surface area contributed by atoms with Crippen molar-refractivity contribution in [1.29, 1.82) is 0 Å². The molecule has 0 bridgehead atoms. The Bertz CT molecular complexity index is 473. The highest BCUT2D eigenvalue weighted by Crippen LogP contribution is 2.31. The number of nitrogens with two attached hydrogens (primary N) is 1. The smallest absolute Gasteiger partial charge is 0.105 e. The summed E-state index contributed by atoms with van der Waals surface area (Å²) in [6.07, 6.45) is 0. The standard InChI is InChI=1S/C10H13N3S/c1-6-12-10-8(13(2)3)4-7(11)5-9(10)14-6/h4-5H,11H2,1-3H3. The first-order chi connectivity index (χ1) is 6.58. The molecule has 1 aromatic carbocycles. The Morgan fingerprint density at radius 3 is 2.71 bits per heavy atom. The summed E-state index contributed by atoms with van der Waals surface area (Å²) in [6.45, 7) is 2.01. The van der Waals surface area contributed by atoms with Crippen LogP contribution in [0.15, 0.2) is 12.1 Å². The number of nitrogens with zero attached hydrogens (tertiary/aromatic N) is 2. The van der Waals surface area contributed by atoms with Gasteiger partial charge < -0.3 is 10.6 Å². The van der Waals surface area contributed by atoms with Crippen LogP contribution in [0.4, 0.5) is 11.4 Å². The van der Waals surface area contributed by atoms with Crippen molar-refractivity contribution in [3.63, 3.8) is 0 Å². The van der Waals surface area contributed by atoms with Crippen LogP contribution in [0.5, 0.6) is 0 Å². The molecular formula is C10H13N3S. The van der Waals surface area contributed by atoms with E-state index in [0.29, 0.717) is 0 Å². The van der Waals surface area contributed by atoms with Crippen LogP contribution in [-0.4, -0.2) is 19.1 Å². The molecule has 14 heavy (non-hydrogen) atoms. The molecule has 2 rings (SSSR count). The summed E-state index contributed by atoms with van der Waals surface area (Å²) in [5, 5.41) is 1.08. The summed E-state index contributed by atoms with van der Waals surface area (Å²) in [4.78, 5) is 6.54. The first kappa shape index (κ1) is 9.27. The summed E-state index contributed by atoms with van der Waals surface area (Å²) in [7, 11) is 4.01. The molecule has 0 aliphatic heterocycles. The van der Waals surface area contributed by atoms with Gasteiger partial charge in [0, 0.05) is 19.8 Å². The van der Waals surface area contributed by atoms with Gasteiger partial charge in [-0.1, -0.05) is 0 Å². The van der Waals surface area contributed by atoms with Gasteiger partial charge in [-0.3, -0.25) is 0 Å². The fraction of sp³-hybridized carbons (Fsp3) is 0.300. The van der Waals surface area contributed by atoms with Gasteiger partial charge in [0.15, 0.2) is 0 Å². The van der Waals surface area contributed by atoms with Crippen LogP contribution < -0.4 is 10.6 Å². The van der Waals surface area contributed by atoms with Gasteiger partial charge in [0.2, 0.25) is 0 Å². The van der Waals surface area contributed by atoms with Gasteiger partial charge in [-0.25, -0.2) is 4.98 Å². The van der Waals surface area contributed by atoms with E-state index < -0.39 is 0 Å². The Morgan fingerprint density at radius 1 is 1.36 bits per heavy atom. The zero-order chi connectivity index (χ0) is 10.3. The number of hydrogen-bond donors (Lipinski definition) is 1. The molecule has 0 saturated carbocycles. The average Bonchev–Trinajstić information content (AvgIpc) is 2.42. The minimum atomic E-state index is 0.796. The second-order valence-electron chi connectivity index (χ2n) is 3.51. The van der Waals surface area contributed by atoms with E-state index in [1.807, 2.05) is 38.1 Å². The Labute approximate surface area is 87.2 Å². The van der Waals surface area contributed by atoms with Crippen molar-refractivity contribution in [3.8, 4) is 0 Å². The zero-order valence-corrected chi connectivity index (χ0v) is 9.35. The molecule has 0 aliphatic carbocycles. The molecular weight excluding hydrogens is 194 g/mol. The van der Waals surface area contributed by atoms with E-state index in [1.54, 1.807) is 11.3 Å². The molecule has 0 unspecified atom stereocenters. The van der Waals surface area contributed by atoms with Crippen LogP contribution in [0.3, 0.4) is 0 Å². The lowest BCUT2D eigenvalue weighted by atomic mass is 10.2. The lowest BCUT2D eigenvalue weighted by molar-refractivity contribution is 1.14. The van der Waals surface area contributed by atoms with Gasteiger partial charge in [0.25, 0.3) is 0 Å². The lowest BCUT2D eigenvalue weighted by Crippen LogP contribution is -2.09. The molecule has 2 N–H and O–H groups in total. The van der Waals surface area contributed by atoms with Crippen molar-refractivity contribution in [3.05, 3.63) is 17.1 Å². The summed E-state index contributed by atoms with van der Waals surface area (Å²) in [6, 6.07) is 3.94. The van der Waals surface area contributed by atoms with E-state index >= 15 is 0 Å². The quantitative estimate of drug-likeness (QED) is 0.729. The van der Waals surface area contributed by atoms with E-state index in [4.69, 9.17) is 5.73 Å². The van der Waals surface area contributed by atoms with Crippen molar-refractivity contribution < 1.29 is 0 Å². The van der Waals surface area contributed by atoms with Crippen molar-refractivity contribution in [1.82, 2.24) is 4.98 Å². The molecule has 2 aromatic rings. The normalized spacial score (nSPS) is 10.8. The predicted octanol–water partition coefficient (Wildman–Crippen LogP) is 2.25. The lowest BCUT2D eigenvalue weighted by Gasteiger charge is -2.13. The Kier molecular flexibility index (Phi) is 2.07. The van der Waals surface area contributed by atoms with Crippen molar-refractivity contribution >= 4 is 32.9 Å². The molecule has 0 amide bonds. The van der Waals surface area contributed by atoms with Gasteiger partial charge in [-0.15, -0.1) is 11.3 Å². The third kappa shape index (κ3) is 1.42. The van der Waals surface area contributed by atoms with Crippen LogP contribution in [0.1, 0.15) is 5.01 Å². The summed E-state index contributed by atoms with van der Waals surface area (Å²) >= 11 is 1.68. The second-order valence-corrected chi connectivity index (χ2v) is 4.75. The maximum Gasteiger partial charge on any atom is 0.105 e. The molecule has 4 heteroatoms. The topological polar surface area (TPSA) is 42.2 Å². The monoisotopic (exact) mass is 207 g/mol. The molecule has 0 fully saturated rings. The first-order valence-corrected chi connectivity index (χ1v) is 5.23. The van der Waals surface area contributed by atoms with Crippen molar-refractivity contribution in [2.75, 3.05) is 24.7 Å². The minimum absolute atomic E-state index is 0.796.